The maximum Gasteiger partial charge on any atom is 0.276 e. The van der Waals surface area contributed by atoms with Crippen LogP contribution in [-0.2, 0) is 6.42 Å². The van der Waals surface area contributed by atoms with E-state index in [4.69, 9.17) is 4.42 Å². The highest BCUT2D eigenvalue weighted by molar-refractivity contribution is 7.09. The number of aromatic nitrogens is 2. The molecular formula is C15H19N3O2S. The van der Waals surface area contributed by atoms with E-state index < -0.39 is 0 Å². The summed E-state index contributed by atoms with van der Waals surface area (Å²) in [6.45, 7) is 4.72. The first-order valence-electron chi connectivity index (χ1n) is 7.36. The first kappa shape index (κ1) is 14.3. The van der Waals surface area contributed by atoms with E-state index in [-0.39, 0.29) is 11.9 Å². The molecule has 0 saturated carbocycles. The van der Waals surface area contributed by atoms with Crippen molar-refractivity contribution in [2.75, 3.05) is 6.54 Å². The van der Waals surface area contributed by atoms with Crippen LogP contribution < -0.4 is 0 Å². The van der Waals surface area contributed by atoms with Crippen LogP contribution >= 0.6 is 11.3 Å². The summed E-state index contributed by atoms with van der Waals surface area (Å²) < 4.78 is 5.30. The number of piperidine rings is 1. The predicted octanol–water partition coefficient (Wildman–Crippen LogP) is 3.37. The van der Waals surface area contributed by atoms with E-state index in [9.17, 15) is 4.79 Å². The fraction of sp³-hybridized carbons (Fsp3) is 0.533. The Labute approximate surface area is 128 Å². The Hall–Kier alpha value is -1.69. The summed E-state index contributed by atoms with van der Waals surface area (Å²) in [5, 5.41) is 3.07. The van der Waals surface area contributed by atoms with E-state index >= 15 is 0 Å². The predicted molar refractivity (Wildman–Crippen MR) is 80.4 cm³/mol. The van der Waals surface area contributed by atoms with Gasteiger partial charge in [0.2, 0.25) is 0 Å². The Morgan fingerprint density at radius 2 is 2.38 bits per heavy atom. The molecule has 21 heavy (non-hydrogen) atoms. The second-order valence-electron chi connectivity index (χ2n) is 5.31. The zero-order valence-electron chi connectivity index (χ0n) is 12.3. The number of thiazole rings is 1. The van der Waals surface area contributed by atoms with Crippen LogP contribution in [0.25, 0.3) is 0 Å². The third-order valence-corrected chi connectivity index (χ3v) is 4.91. The highest BCUT2D eigenvalue weighted by Gasteiger charge is 2.32. The van der Waals surface area contributed by atoms with Gasteiger partial charge in [-0.05, 0) is 26.2 Å². The van der Waals surface area contributed by atoms with Gasteiger partial charge in [-0.2, -0.15) is 0 Å². The Morgan fingerprint density at radius 1 is 1.52 bits per heavy atom. The minimum Gasteiger partial charge on any atom is -0.448 e. The average molecular weight is 305 g/mol. The summed E-state index contributed by atoms with van der Waals surface area (Å²) >= 11 is 1.64. The van der Waals surface area contributed by atoms with Gasteiger partial charge in [0, 0.05) is 24.0 Å². The number of rotatable bonds is 3. The van der Waals surface area contributed by atoms with E-state index in [0.29, 0.717) is 17.9 Å². The van der Waals surface area contributed by atoms with Crippen molar-refractivity contribution >= 4 is 17.2 Å². The topological polar surface area (TPSA) is 59.2 Å². The molecule has 1 aliphatic heterocycles. The van der Waals surface area contributed by atoms with Gasteiger partial charge in [-0.1, -0.05) is 6.92 Å². The minimum atomic E-state index is -0.0295. The van der Waals surface area contributed by atoms with Gasteiger partial charge in [0.1, 0.15) is 10.8 Å². The molecule has 0 aromatic carbocycles. The number of nitrogens with zero attached hydrogens (tertiary/aromatic N) is 3. The molecule has 1 fully saturated rings. The number of aryl methyl sites for hydroxylation is 2. The Bertz CT molecular complexity index is 634. The smallest absolute Gasteiger partial charge is 0.276 e. The van der Waals surface area contributed by atoms with Crippen molar-refractivity contribution in [2.24, 2.45) is 0 Å². The molecule has 1 atom stereocenters. The molecule has 1 amide bonds. The maximum absolute atomic E-state index is 12.8. The molecule has 5 nitrogen and oxygen atoms in total. The van der Waals surface area contributed by atoms with Gasteiger partial charge < -0.3 is 9.32 Å². The molecule has 0 radical (unpaired) electrons. The zero-order chi connectivity index (χ0) is 14.8. The SMILES string of the molecule is CCc1ocnc1C(=O)N1CCCC[C@H]1c1nc(C)cs1. The van der Waals surface area contributed by atoms with Crippen molar-refractivity contribution in [3.63, 3.8) is 0 Å². The molecule has 2 aromatic rings. The molecule has 3 heterocycles. The third-order valence-electron chi connectivity index (χ3n) is 3.85. The number of carbonyl (C=O) groups is 1. The van der Waals surface area contributed by atoms with Gasteiger partial charge in [0.05, 0.1) is 6.04 Å². The summed E-state index contributed by atoms with van der Waals surface area (Å²) in [5.74, 6) is 0.637. The molecular weight excluding hydrogens is 286 g/mol. The Kier molecular flexibility index (Phi) is 4.05. The number of oxazole rings is 1. The summed E-state index contributed by atoms with van der Waals surface area (Å²) in [7, 11) is 0. The van der Waals surface area contributed by atoms with Crippen molar-refractivity contribution < 1.29 is 9.21 Å². The first-order valence-corrected chi connectivity index (χ1v) is 8.24. The van der Waals surface area contributed by atoms with Gasteiger partial charge in [0.15, 0.2) is 12.1 Å². The normalized spacial score (nSPS) is 19.0. The van der Waals surface area contributed by atoms with Crippen LogP contribution in [0.1, 0.15) is 59.2 Å². The number of hydrogen-bond acceptors (Lipinski definition) is 5. The zero-order valence-corrected chi connectivity index (χ0v) is 13.2. The Balaban J connectivity index is 1.89. The van der Waals surface area contributed by atoms with Crippen molar-refractivity contribution in [1.29, 1.82) is 0 Å². The second-order valence-corrected chi connectivity index (χ2v) is 6.20. The lowest BCUT2D eigenvalue weighted by Gasteiger charge is -2.34. The molecule has 0 N–H and O–H groups in total. The van der Waals surface area contributed by atoms with Crippen LogP contribution in [0.2, 0.25) is 0 Å². The summed E-state index contributed by atoms with van der Waals surface area (Å²) in [4.78, 5) is 23.4. The van der Waals surface area contributed by atoms with E-state index in [0.717, 1.165) is 36.5 Å². The number of carbonyl (C=O) groups excluding carboxylic acids is 1. The third kappa shape index (κ3) is 2.72. The molecule has 0 unspecified atom stereocenters. The quantitative estimate of drug-likeness (QED) is 0.872. The molecule has 1 aliphatic rings. The number of amides is 1. The van der Waals surface area contributed by atoms with Crippen LogP contribution in [0, 0.1) is 6.92 Å². The Morgan fingerprint density at radius 3 is 3.10 bits per heavy atom. The van der Waals surface area contributed by atoms with E-state index in [2.05, 4.69) is 9.97 Å². The molecule has 6 heteroatoms. The molecule has 2 aromatic heterocycles. The molecule has 1 saturated heterocycles. The summed E-state index contributed by atoms with van der Waals surface area (Å²) in [5.41, 5.74) is 1.47. The van der Waals surface area contributed by atoms with Crippen LogP contribution in [0.5, 0.6) is 0 Å². The van der Waals surface area contributed by atoms with Crippen LogP contribution in [0.3, 0.4) is 0 Å². The standard InChI is InChI=1S/C15H19N3O2S/c1-3-12-13(16-9-20-12)15(19)18-7-5-4-6-11(18)14-17-10(2)8-21-14/h8-9,11H,3-7H2,1-2H3/t11-/m0/s1. The molecule has 112 valence electrons. The fourth-order valence-corrected chi connectivity index (χ4v) is 3.73. The highest BCUT2D eigenvalue weighted by Crippen LogP contribution is 2.34. The van der Waals surface area contributed by atoms with Crippen LogP contribution in [0.15, 0.2) is 16.2 Å². The van der Waals surface area contributed by atoms with Crippen LogP contribution in [-0.4, -0.2) is 27.3 Å². The number of hydrogen-bond donors (Lipinski definition) is 0. The first-order chi connectivity index (χ1) is 10.2. The van der Waals surface area contributed by atoms with Gasteiger partial charge in [-0.25, -0.2) is 9.97 Å². The van der Waals surface area contributed by atoms with Gasteiger partial charge in [-0.3, -0.25) is 4.79 Å². The lowest BCUT2D eigenvalue weighted by Crippen LogP contribution is -2.39. The average Bonchev–Trinajstić information content (AvgIpc) is 3.15. The largest absolute Gasteiger partial charge is 0.448 e. The summed E-state index contributed by atoms with van der Waals surface area (Å²) in [6, 6.07) is 0.0753. The lowest BCUT2D eigenvalue weighted by molar-refractivity contribution is 0.0603. The van der Waals surface area contributed by atoms with Gasteiger partial charge in [0.25, 0.3) is 5.91 Å². The van der Waals surface area contributed by atoms with Gasteiger partial charge in [-0.15, -0.1) is 11.3 Å². The maximum atomic E-state index is 12.8. The number of likely N-dealkylation sites (tertiary alicyclic amines) is 1. The summed E-state index contributed by atoms with van der Waals surface area (Å²) in [6.07, 6.45) is 5.17. The second kappa shape index (κ2) is 5.97. The van der Waals surface area contributed by atoms with E-state index in [1.54, 1.807) is 11.3 Å². The fourth-order valence-electron chi connectivity index (χ4n) is 2.79. The van der Waals surface area contributed by atoms with Crippen molar-refractivity contribution in [3.05, 3.63) is 33.9 Å². The van der Waals surface area contributed by atoms with Crippen molar-refractivity contribution in [1.82, 2.24) is 14.9 Å². The van der Waals surface area contributed by atoms with Crippen molar-refractivity contribution in [3.8, 4) is 0 Å². The molecule has 3 rings (SSSR count). The van der Waals surface area contributed by atoms with E-state index in [1.807, 2.05) is 24.1 Å². The van der Waals surface area contributed by atoms with Crippen molar-refractivity contribution in [2.45, 2.75) is 45.6 Å². The molecule has 0 spiro atoms. The lowest BCUT2D eigenvalue weighted by atomic mass is 10.0. The molecule has 0 bridgehead atoms. The highest BCUT2D eigenvalue weighted by atomic mass is 32.1. The minimum absolute atomic E-state index is 0.0295. The monoisotopic (exact) mass is 305 g/mol. The molecule has 0 aliphatic carbocycles. The van der Waals surface area contributed by atoms with Crippen LogP contribution in [0.4, 0.5) is 0 Å². The van der Waals surface area contributed by atoms with E-state index in [1.165, 1.54) is 6.39 Å². The van der Waals surface area contributed by atoms with Gasteiger partial charge >= 0.3 is 0 Å².